The first kappa shape index (κ1) is 21.0. The summed E-state index contributed by atoms with van der Waals surface area (Å²) in [6, 6.07) is 5.80. The van der Waals surface area contributed by atoms with Crippen molar-refractivity contribution in [3.63, 3.8) is 0 Å². The van der Waals surface area contributed by atoms with Crippen molar-refractivity contribution in [2.24, 2.45) is 0 Å². The Labute approximate surface area is 185 Å². The van der Waals surface area contributed by atoms with Gasteiger partial charge in [0.1, 0.15) is 18.5 Å². The van der Waals surface area contributed by atoms with Gasteiger partial charge in [0.2, 0.25) is 5.91 Å². The van der Waals surface area contributed by atoms with Crippen molar-refractivity contribution in [2.45, 2.75) is 18.9 Å². The van der Waals surface area contributed by atoms with E-state index in [1.54, 1.807) is 37.6 Å². The zero-order valence-corrected chi connectivity index (χ0v) is 18.1. The number of carbonyl (C=O) groups excluding carboxylic acids is 1. The van der Waals surface area contributed by atoms with Crippen molar-refractivity contribution in [1.29, 1.82) is 5.26 Å². The van der Waals surface area contributed by atoms with Crippen LogP contribution in [-0.2, 0) is 9.53 Å². The van der Waals surface area contributed by atoms with Gasteiger partial charge in [0.15, 0.2) is 11.5 Å². The second-order valence-electron chi connectivity index (χ2n) is 7.21. The van der Waals surface area contributed by atoms with Crippen LogP contribution in [0.2, 0.25) is 0 Å². The highest BCUT2D eigenvalue weighted by Crippen LogP contribution is 2.33. The Balaban J connectivity index is 1.62. The average Bonchev–Trinajstić information content (AvgIpc) is 3.39. The highest BCUT2D eigenvalue weighted by molar-refractivity contribution is 7.81. The molecule has 0 spiro atoms. The number of thiocarbonyl (C=S) groups is 1. The third-order valence-corrected chi connectivity index (χ3v) is 5.87. The molecule has 1 aromatic carbocycles. The molecular formula is C22H22N4O4S. The smallest absolute Gasteiger partial charge is 0.222 e. The van der Waals surface area contributed by atoms with Crippen molar-refractivity contribution in [2.75, 3.05) is 33.9 Å². The molecule has 1 amide bonds. The van der Waals surface area contributed by atoms with Crippen molar-refractivity contribution in [3.05, 3.63) is 36.2 Å². The standard InChI is InChI=1S/C22H22N4O4S/c1-28-18-10-16-17(11-19(18)29-2)26(13-24-16)15-8-14(12-23)22(31)20(9-15)30-7-6-25-5-3-4-21(25)27/h8-11,13,20H,3-7H2,1-2H3. The van der Waals surface area contributed by atoms with Gasteiger partial charge in [-0.1, -0.05) is 12.2 Å². The number of fused-ring (bicyclic) bond motifs is 1. The molecule has 0 radical (unpaired) electrons. The molecule has 0 bridgehead atoms. The number of imidazole rings is 1. The van der Waals surface area contributed by atoms with Crippen molar-refractivity contribution < 1.29 is 19.0 Å². The van der Waals surface area contributed by atoms with E-state index in [2.05, 4.69) is 11.1 Å². The minimum absolute atomic E-state index is 0.151. The van der Waals surface area contributed by atoms with Gasteiger partial charge in [-0.2, -0.15) is 5.26 Å². The van der Waals surface area contributed by atoms with Gasteiger partial charge in [0, 0.05) is 37.3 Å². The number of hydrogen-bond donors (Lipinski definition) is 0. The van der Waals surface area contributed by atoms with Gasteiger partial charge in [0.25, 0.3) is 0 Å². The van der Waals surface area contributed by atoms with Gasteiger partial charge < -0.3 is 19.1 Å². The first-order valence-electron chi connectivity index (χ1n) is 9.92. The predicted molar refractivity (Wildman–Crippen MR) is 119 cm³/mol. The van der Waals surface area contributed by atoms with Crippen LogP contribution in [0.3, 0.4) is 0 Å². The van der Waals surface area contributed by atoms with E-state index in [0.717, 1.165) is 29.7 Å². The molecule has 1 aliphatic carbocycles. The van der Waals surface area contributed by atoms with Gasteiger partial charge in [-0.05, 0) is 18.6 Å². The van der Waals surface area contributed by atoms with Crippen LogP contribution in [-0.4, -0.2) is 65.2 Å². The molecule has 0 N–H and O–H groups in total. The summed E-state index contributed by atoms with van der Waals surface area (Å²) in [7, 11) is 3.15. The number of methoxy groups -OCH3 is 2. The van der Waals surface area contributed by atoms with E-state index >= 15 is 0 Å². The topological polar surface area (TPSA) is 89.6 Å². The Morgan fingerprint density at radius 1 is 1.29 bits per heavy atom. The van der Waals surface area contributed by atoms with Crippen LogP contribution in [0.15, 0.2) is 36.2 Å². The van der Waals surface area contributed by atoms with Crippen LogP contribution in [0.5, 0.6) is 11.5 Å². The van der Waals surface area contributed by atoms with E-state index in [0.29, 0.717) is 41.5 Å². The molecule has 31 heavy (non-hydrogen) atoms. The molecular weight excluding hydrogens is 416 g/mol. The maximum atomic E-state index is 11.8. The summed E-state index contributed by atoms with van der Waals surface area (Å²) >= 11 is 5.47. The Hall–Kier alpha value is -3.22. The van der Waals surface area contributed by atoms with E-state index < -0.39 is 6.10 Å². The average molecular weight is 439 g/mol. The number of aromatic nitrogens is 2. The molecule has 2 aliphatic rings. The Kier molecular flexibility index (Phi) is 6.02. The molecule has 160 valence electrons. The first-order chi connectivity index (χ1) is 15.0. The van der Waals surface area contributed by atoms with Crippen LogP contribution in [0.4, 0.5) is 0 Å². The molecule has 1 aromatic heterocycles. The van der Waals surface area contributed by atoms with E-state index in [4.69, 9.17) is 26.4 Å². The summed E-state index contributed by atoms with van der Waals surface area (Å²) in [5, 5.41) is 9.59. The third-order valence-electron chi connectivity index (χ3n) is 5.42. The Morgan fingerprint density at radius 3 is 2.74 bits per heavy atom. The number of ether oxygens (including phenoxy) is 3. The molecule has 1 unspecified atom stereocenters. The fourth-order valence-electron chi connectivity index (χ4n) is 3.78. The third kappa shape index (κ3) is 4.04. The highest BCUT2D eigenvalue weighted by Gasteiger charge is 2.25. The summed E-state index contributed by atoms with van der Waals surface area (Å²) in [6.07, 6.45) is 6.20. The van der Waals surface area contributed by atoms with Crippen LogP contribution < -0.4 is 9.47 Å². The minimum Gasteiger partial charge on any atom is -0.493 e. The fraction of sp³-hybridized carbons (Fsp3) is 0.364. The number of amides is 1. The minimum atomic E-state index is -0.542. The normalized spacial score (nSPS) is 18.7. The monoisotopic (exact) mass is 438 g/mol. The first-order valence-corrected chi connectivity index (χ1v) is 10.3. The second-order valence-corrected chi connectivity index (χ2v) is 7.65. The van der Waals surface area contributed by atoms with Crippen molar-refractivity contribution in [3.8, 4) is 17.6 Å². The number of likely N-dealkylation sites (tertiary alicyclic amines) is 1. The van der Waals surface area contributed by atoms with Crippen molar-refractivity contribution in [1.82, 2.24) is 14.5 Å². The van der Waals surface area contributed by atoms with Gasteiger partial charge in [-0.3, -0.25) is 9.36 Å². The zero-order chi connectivity index (χ0) is 22.0. The van der Waals surface area contributed by atoms with Crippen LogP contribution in [0, 0.1) is 11.3 Å². The summed E-state index contributed by atoms with van der Waals surface area (Å²) < 4.78 is 18.6. The van der Waals surface area contributed by atoms with E-state index in [1.807, 2.05) is 16.7 Å². The molecule has 0 saturated carbocycles. The molecule has 8 nitrogen and oxygen atoms in total. The Morgan fingerprint density at radius 2 is 2.06 bits per heavy atom. The number of nitrogens with zero attached hydrogens (tertiary/aromatic N) is 4. The molecule has 2 heterocycles. The second kappa shape index (κ2) is 8.88. The summed E-state index contributed by atoms with van der Waals surface area (Å²) in [6.45, 7) is 1.61. The van der Waals surface area contributed by atoms with E-state index in [9.17, 15) is 10.1 Å². The molecule has 9 heteroatoms. The number of allylic oxidation sites excluding steroid dienone is 2. The lowest BCUT2D eigenvalue weighted by atomic mass is 10.0. The fourth-order valence-corrected chi connectivity index (χ4v) is 4.02. The van der Waals surface area contributed by atoms with Gasteiger partial charge >= 0.3 is 0 Å². The van der Waals surface area contributed by atoms with Crippen molar-refractivity contribution >= 4 is 39.7 Å². The Bertz CT molecular complexity index is 1140. The number of hydrogen-bond acceptors (Lipinski definition) is 7. The molecule has 4 rings (SSSR count). The molecule has 2 aromatic rings. The quantitative estimate of drug-likeness (QED) is 0.614. The lowest BCUT2D eigenvalue weighted by Crippen LogP contribution is -2.32. The zero-order valence-electron chi connectivity index (χ0n) is 17.3. The predicted octanol–water partition coefficient (Wildman–Crippen LogP) is 2.74. The number of carbonyl (C=O) groups is 1. The summed E-state index contributed by atoms with van der Waals surface area (Å²) in [4.78, 5) is 18.5. The largest absolute Gasteiger partial charge is 0.493 e. The van der Waals surface area contributed by atoms with E-state index in [-0.39, 0.29) is 5.91 Å². The van der Waals surface area contributed by atoms with Crippen LogP contribution in [0.25, 0.3) is 16.7 Å². The lowest BCUT2D eigenvalue weighted by Gasteiger charge is -2.23. The molecule has 1 saturated heterocycles. The maximum Gasteiger partial charge on any atom is 0.222 e. The molecule has 1 aliphatic heterocycles. The summed E-state index contributed by atoms with van der Waals surface area (Å²) in [5.74, 6) is 1.32. The van der Waals surface area contributed by atoms with E-state index in [1.165, 1.54) is 0 Å². The SMILES string of the molecule is COc1cc2ncn(C3=CC(OCCN4CCCC4=O)C(=S)C(C#N)=C3)c2cc1OC. The number of benzene rings is 1. The number of rotatable bonds is 7. The van der Waals surface area contributed by atoms with Gasteiger partial charge in [-0.25, -0.2) is 4.98 Å². The van der Waals surface area contributed by atoms with Gasteiger partial charge in [-0.15, -0.1) is 0 Å². The van der Waals surface area contributed by atoms with Crippen LogP contribution >= 0.6 is 12.2 Å². The lowest BCUT2D eigenvalue weighted by molar-refractivity contribution is -0.128. The summed E-state index contributed by atoms with van der Waals surface area (Å²) in [5.41, 5.74) is 2.62. The molecule has 1 atom stereocenters. The van der Waals surface area contributed by atoms with Gasteiger partial charge in [0.05, 0.1) is 42.3 Å². The molecule has 1 fully saturated rings. The highest BCUT2D eigenvalue weighted by atomic mass is 32.1. The van der Waals surface area contributed by atoms with Crippen LogP contribution in [0.1, 0.15) is 12.8 Å². The number of nitriles is 1. The maximum absolute atomic E-state index is 11.8.